The van der Waals surface area contributed by atoms with Crippen LogP contribution >= 0.6 is 22.6 Å². The number of benzene rings is 3. The molecule has 27 heavy (non-hydrogen) atoms. The van der Waals surface area contributed by atoms with Crippen molar-refractivity contribution in [2.75, 3.05) is 6.54 Å². The number of rotatable bonds is 6. The van der Waals surface area contributed by atoms with Gasteiger partial charge in [0.25, 0.3) is 0 Å². The Morgan fingerprint density at radius 3 is 2.26 bits per heavy atom. The maximum Gasteiger partial charge on any atom is 0.339 e. The summed E-state index contributed by atoms with van der Waals surface area (Å²) in [5, 5.41) is 3.60. The van der Waals surface area contributed by atoms with Crippen molar-refractivity contribution >= 4 is 28.6 Å². The Kier molecular flexibility index (Phi) is 6.46. The second-order valence-corrected chi connectivity index (χ2v) is 6.94. The van der Waals surface area contributed by atoms with E-state index in [1.165, 1.54) is 0 Å². The fourth-order valence-corrected chi connectivity index (χ4v) is 3.27. The van der Waals surface area contributed by atoms with Crippen LogP contribution in [0.4, 0.5) is 0 Å². The van der Waals surface area contributed by atoms with Gasteiger partial charge in [0.05, 0.1) is 12.1 Å². The first-order valence-electron chi connectivity index (χ1n) is 8.31. The Morgan fingerprint density at radius 1 is 0.963 bits per heavy atom. The molecule has 3 rings (SSSR count). The van der Waals surface area contributed by atoms with Crippen LogP contribution in [0.25, 0.3) is 21.6 Å². The number of carbonyl (C=O) groups excluding carboxylic acids is 1. The van der Waals surface area contributed by atoms with Gasteiger partial charge in [-0.25, -0.2) is 4.79 Å². The number of esters is 1. The fraction of sp³-hybridized carbons (Fsp3) is 0.0952. The summed E-state index contributed by atoms with van der Waals surface area (Å²) in [7, 11) is 0. The third-order valence-electron chi connectivity index (χ3n) is 4.04. The third kappa shape index (κ3) is 4.87. The van der Waals surface area contributed by atoms with Crippen molar-refractivity contribution in [1.29, 1.82) is 0 Å². The predicted molar refractivity (Wildman–Crippen MR) is 113 cm³/mol. The molecule has 1 unspecified atom stereocenters. The van der Waals surface area contributed by atoms with Gasteiger partial charge in [-0.1, -0.05) is 71.8 Å². The Balaban J connectivity index is 1.83. The summed E-state index contributed by atoms with van der Waals surface area (Å²) in [6.45, 7) is 0.0380. The highest BCUT2D eigenvalue weighted by molar-refractivity contribution is 14.1. The average Bonchev–Trinajstić information content (AvgIpc) is 2.72. The molecule has 0 amide bonds. The lowest BCUT2D eigenvalue weighted by Crippen LogP contribution is -2.15. The maximum absolute atomic E-state index is 12.5. The first-order chi connectivity index (χ1) is 13.2. The van der Waals surface area contributed by atoms with Crippen LogP contribution in [0.2, 0.25) is 0 Å². The van der Waals surface area contributed by atoms with Crippen molar-refractivity contribution in [3.8, 4) is 11.1 Å². The molecule has 0 saturated carbocycles. The summed E-state index contributed by atoms with van der Waals surface area (Å²) in [6.07, 6.45) is -0.644. The van der Waals surface area contributed by atoms with Gasteiger partial charge in [-0.05, 0) is 56.9 Å². The highest BCUT2D eigenvalue weighted by atomic mass is 127. The minimum absolute atomic E-state index is 0.0380. The van der Waals surface area contributed by atoms with Gasteiger partial charge in [-0.15, -0.1) is 0 Å². The number of hydrogen-bond donors (Lipinski definition) is 0. The summed E-state index contributed by atoms with van der Waals surface area (Å²) in [5.74, 6) is -0.440. The number of azide groups is 1. The second kappa shape index (κ2) is 9.21. The lowest BCUT2D eigenvalue weighted by Gasteiger charge is -2.17. The molecular formula is C21H16IN3O2. The van der Waals surface area contributed by atoms with Gasteiger partial charge in [0.2, 0.25) is 0 Å². The number of nitrogens with zero attached hydrogens (tertiary/aromatic N) is 3. The molecule has 0 aliphatic carbocycles. The number of hydrogen-bond acceptors (Lipinski definition) is 3. The molecule has 0 spiro atoms. The van der Waals surface area contributed by atoms with Crippen molar-refractivity contribution in [1.82, 2.24) is 0 Å². The van der Waals surface area contributed by atoms with Crippen LogP contribution in [0.1, 0.15) is 22.0 Å². The number of carbonyl (C=O) groups is 1. The topological polar surface area (TPSA) is 75.1 Å². The predicted octanol–water partition coefficient (Wildman–Crippen LogP) is 6.17. The zero-order valence-corrected chi connectivity index (χ0v) is 16.5. The van der Waals surface area contributed by atoms with Crippen LogP contribution < -0.4 is 0 Å². The Hall–Kier alpha value is -2.83. The molecule has 6 heteroatoms. The van der Waals surface area contributed by atoms with Gasteiger partial charge in [0.15, 0.2) is 0 Å². The first kappa shape index (κ1) is 18.9. The minimum Gasteiger partial charge on any atom is -0.454 e. The van der Waals surface area contributed by atoms with E-state index in [0.717, 1.165) is 20.3 Å². The molecule has 0 aliphatic rings. The summed E-state index contributed by atoms with van der Waals surface area (Å²) in [4.78, 5) is 15.3. The van der Waals surface area contributed by atoms with Crippen LogP contribution in [-0.2, 0) is 4.74 Å². The highest BCUT2D eigenvalue weighted by Crippen LogP contribution is 2.25. The summed E-state index contributed by atoms with van der Waals surface area (Å²) in [5.41, 5.74) is 12.1. The van der Waals surface area contributed by atoms with E-state index in [1.807, 2.05) is 66.7 Å². The SMILES string of the molecule is [N-]=[N+]=NCC(OC(=O)c1ccccc1I)c1ccc(-c2ccccc2)cc1. The minimum atomic E-state index is -0.644. The van der Waals surface area contributed by atoms with E-state index in [9.17, 15) is 4.79 Å². The van der Waals surface area contributed by atoms with Crippen LogP contribution in [0.5, 0.6) is 0 Å². The average molecular weight is 469 g/mol. The van der Waals surface area contributed by atoms with Gasteiger partial charge in [-0.2, -0.15) is 0 Å². The van der Waals surface area contributed by atoms with E-state index >= 15 is 0 Å². The van der Waals surface area contributed by atoms with E-state index in [1.54, 1.807) is 12.1 Å². The monoisotopic (exact) mass is 469 g/mol. The lowest BCUT2D eigenvalue weighted by molar-refractivity contribution is 0.0315. The van der Waals surface area contributed by atoms with Crippen molar-refractivity contribution in [3.05, 3.63) is 104 Å². The highest BCUT2D eigenvalue weighted by Gasteiger charge is 2.19. The summed E-state index contributed by atoms with van der Waals surface area (Å²) >= 11 is 2.09. The first-order valence-corrected chi connectivity index (χ1v) is 9.38. The Morgan fingerprint density at radius 2 is 1.59 bits per heavy atom. The summed E-state index contributed by atoms with van der Waals surface area (Å²) < 4.78 is 6.45. The quantitative estimate of drug-likeness (QED) is 0.142. The maximum atomic E-state index is 12.5. The van der Waals surface area contributed by atoms with Crippen molar-refractivity contribution in [3.63, 3.8) is 0 Å². The molecule has 0 heterocycles. The van der Waals surface area contributed by atoms with Gasteiger partial charge >= 0.3 is 5.97 Å². The molecule has 0 aliphatic heterocycles. The van der Waals surface area contributed by atoms with E-state index in [-0.39, 0.29) is 6.54 Å². The molecule has 0 aromatic heterocycles. The molecular weight excluding hydrogens is 453 g/mol. The van der Waals surface area contributed by atoms with E-state index < -0.39 is 12.1 Å². The second-order valence-electron chi connectivity index (χ2n) is 5.78. The van der Waals surface area contributed by atoms with Crippen LogP contribution in [0, 0.1) is 3.57 Å². The van der Waals surface area contributed by atoms with Gasteiger partial charge in [0.1, 0.15) is 6.10 Å². The van der Waals surface area contributed by atoms with E-state index in [0.29, 0.717) is 5.56 Å². The smallest absolute Gasteiger partial charge is 0.339 e. The van der Waals surface area contributed by atoms with Crippen LogP contribution in [0.3, 0.4) is 0 Å². The molecule has 5 nitrogen and oxygen atoms in total. The fourth-order valence-electron chi connectivity index (χ4n) is 2.66. The van der Waals surface area contributed by atoms with Gasteiger partial charge < -0.3 is 4.74 Å². The molecule has 0 radical (unpaired) electrons. The Labute approximate surface area is 170 Å². The number of halogens is 1. The zero-order chi connectivity index (χ0) is 19.1. The molecule has 1 atom stereocenters. The molecule has 3 aromatic rings. The number of ether oxygens (including phenoxy) is 1. The van der Waals surface area contributed by atoms with Gasteiger partial charge in [0, 0.05) is 8.48 Å². The van der Waals surface area contributed by atoms with Gasteiger partial charge in [-0.3, -0.25) is 0 Å². The summed E-state index contributed by atoms with van der Waals surface area (Å²) in [6, 6.07) is 24.9. The molecule has 3 aromatic carbocycles. The van der Waals surface area contributed by atoms with E-state index in [2.05, 4.69) is 32.6 Å². The molecule has 134 valence electrons. The Bertz CT molecular complexity index is 968. The molecule has 0 N–H and O–H groups in total. The molecule has 0 bridgehead atoms. The van der Waals surface area contributed by atoms with Crippen molar-refractivity contribution in [2.45, 2.75) is 6.10 Å². The van der Waals surface area contributed by atoms with Crippen molar-refractivity contribution < 1.29 is 9.53 Å². The molecule has 0 saturated heterocycles. The van der Waals surface area contributed by atoms with Crippen molar-refractivity contribution in [2.24, 2.45) is 5.11 Å². The standard InChI is InChI=1S/C21H16IN3O2/c22-19-9-5-4-8-18(19)21(26)27-20(14-24-25-23)17-12-10-16(11-13-17)15-6-2-1-3-7-15/h1-13,20H,14H2. The third-order valence-corrected chi connectivity index (χ3v) is 4.98. The normalized spacial score (nSPS) is 11.3. The van der Waals surface area contributed by atoms with Crippen LogP contribution in [0.15, 0.2) is 84.0 Å². The van der Waals surface area contributed by atoms with Crippen LogP contribution in [-0.4, -0.2) is 12.5 Å². The van der Waals surface area contributed by atoms with E-state index in [4.69, 9.17) is 10.3 Å². The zero-order valence-electron chi connectivity index (χ0n) is 14.3. The largest absolute Gasteiger partial charge is 0.454 e. The lowest BCUT2D eigenvalue weighted by atomic mass is 10.0. The molecule has 0 fully saturated rings.